The van der Waals surface area contributed by atoms with Crippen molar-refractivity contribution in [3.05, 3.63) is 64.6 Å². The maximum absolute atomic E-state index is 11.9. The van der Waals surface area contributed by atoms with Crippen LogP contribution in [-0.2, 0) is 9.63 Å². The van der Waals surface area contributed by atoms with Crippen LogP contribution in [0, 0.1) is 0 Å². The Labute approximate surface area is 131 Å². The van der Waals surface area contributed by atoms with Crippen LogP contribution in [0.4, 0.5) is 5.69 Å². The van der Waals surface area contributed by atoms with Gasteiger partial charge < -0.3 is 10.2 Å². The van der Waals surface area contributed by atoms with Gasteiger partial charge in [0.25, 0.3) is 5.91 Å². The molecule has 4 nitrogen and oxygen atoms in total. The van der Waals surface area contributed by atoms with Crippen molar-refractivity contribution in [1.29, 1.82) is 0 Å². The number of hydrogen-bond acceptors (Lipinski definition) is 3. The Hall–Kier alpha value is -2.14. The zero-order valence-corrected chi connectivity index (χ0v) is 13.1. The van der Waals surface area contributed by atoms with Crippen molar-refractivity contribution in [3.8, 4) is 0 Å². The smallest absolute Gasteiger partial charge is 0.267 e. The molecule has 0 spiro atoms. The third-order valence-corrected chi connectivity index (χ3v) is 3.23. The molecule has 5 heteroatoms. The molecule has 2 aromatic rings. The molecule has 0 fully saturated rings. The first-order valence-electron chi connectivity index (χ1n) is 6.46. The number of hydrogen-bond donors (Lipinski definition) is 1. The van der Waals surface area contributed by atoms with E-state index in [9.17, 15) is 4.79 Å². The van der Waals surface area contributed by atoms with Crippen LogP contribution in [0.5, 0.6) is 0 Å². The summed E-state index contributed by atoms with van der Waals surface area (Å²) >= 11 is 3.36. The van der Waals surface area contributed by atoms with E-state index in [4.69, 9.17) is 4.84 Å². The molecule has 0 aliphatic heterocycles. The lowest BCUT2D eigenvalue weighted by molar-refractivity contribution is -0.126. The summed E-state index contributed by atoms with van der Waals surface area (Å²) in [6.07, 6.45) is 0.899. The largest absolute Gasteiger partial charge is 0.383 e. The zero-order chi connectivity index (χ0) is 15.1. The molecule has 0 heterocycles. The van der Waals surface area contributed by atoms with E-state index in [0.29, 0.717) is 0 Å². The molecule has 0 unspecified atom stereocenters. The van der Waals surface area contributed by atoms with Crippen molar-refractivity contribution < 1.29 is 9.63 Å². The van der Waals surface area contributed by atoms with Crippen molar-refractivity contribution in [2.45, 2.75) is 13.0 Å². The summed E-state index contributed by atoms with van der Waals surface area (Å²) in [5.41, 5.74) is 1.63. The number of anilines is 1. The molecule has 1 atom stereocenters. The highest BCUT2D eigenvalue weighted by Gasteiger charge is 2.13. The minimum absolute atomic E-state index is 0.242. The number of nitrogens with zero attached hydrogens (tertiary/aromatic N) is 1. The van der Waals surface area contributed by atoms with Gasteiger partial charge in [-0.3, -0.25) is 4.79 Å². The van der Waals surface area contributed by atoms with E-state index in [1.54, 1.807) is 13.1 Å². The minimum Gasteiger partial charge on any atom is -0.383 e. The standard InChI is InChI=1S/C16H15BrN2O2/c1-12(16(20)19-15-5-3-2-4-6-15)21-18-11-13-7-9-14(17)10-8-13/h2-12H,1H3,(H,19,20)/b18-11-/t12-/m0/s1. The van der Waals surface area contributed by atoms with E-state index < -0.39 is 6.10 Å². The van der Waals surface area contributed by atoms with Gasteiger partial charge >= 0.3 is 0 Å². The number of carbonyl (C=O) groups excluding carboxylic acids is 1. The average molecular weight is 347 g/mol. The van der Waals surface area contributed by atoms with Gasteiger partial charge in [-0.1, -0.05) is 51.4 Å². The molecule has 0 saturated carbocycles. The molecule has 0 aliphatic carbocycles. The Bertz CT molecular complexity index is 612. The van der Waals surface area contributed by atoms with Crippen molar-refractivity contribution in [2.24, 2.45) is 5.16 Å². The van der Waals surface area contributed by atoms with Gasteiger partial charge in [0.2, 0.25) is 6.10 Å². The number of carbonyl (C=O) groups is 1. The minimum atomic E-state index is -0.670. The van der Waals surface area contributed by atoms with Crippen molar-refractivity contribution in [3.63, 3.8) is 0 Å². The van der Waals surface area contributed by atoms with Crippen LogP contribution in [0.15, 0.2) is 64.2 Å². The first-order chi connectivity index (χ1) is 10.1. The normalized spacial score (nSPS) is 12.1. The zero-order valence-electron chi connectivity index (χ0n) is 11.5. The molecule has 108 valence electrons. The lowest BCUT2D eigenvalue weighted by Gasteiger charge is -2.10. The Morgan fingerprint density at radius 2 is 1.86 bits per heavy atom. The molecule has 2 aromatic carbocycles. The summed E-state index contributed by atoms with van der Waals surface area (Å²) in [5.74, 6) is -0.242. The first kappa shape index (κ1) is 15.3. The summed E-state index contributed by atoms with van der Waals surface area (Å²) in [5, 5.41) is 6.59. The second kappa shape index (κ2) is 7.59. The van der Waals surface area contributed by atoms with Crippen LogP contribution in [0.1, 0.15) is 12.5 Å². The number of rotatable bonds is 5. The third kappa shape index (κ3) is 5.04. The fraction of sp³-hybridized carbons (Fsp3) is 0.125. The molecule has 0 aliphatic rings. The summed E-state index contributed by atoms with van der Waals surface area (Å²) in [6.45, 7) is 1.65. The monoisotopic (exact) mass is 346 g/mol. The van der Waals surface area contributed by atoms with Crippen LogP contribution < -0.4 is 5.32 Å². The summed E-state index contributed by atoms with van der Waals surface area (Å²) in [6, 6.07) is 16.8. The molecule has 2 rings (SSSR count). The Morgan fingerprint density at radius 1 is 1.19 bits per heavy atom. The second-order valence-corrected chi connectivity index (χ2v) is 5.30. The van der Waals surface area contributed by atoms with E-state index in [1.165, 1.54) is 0 Å². The van der Waals surface area contributed by atoms with E-state index in [1.807, 2.05) is 54.6 Å². The van der Waals surface area contributed by atoms with Gasteiger partial charge in [-0.2, -0.15) is 0 Å². The lowest BCUT2D eigenvalue weighted by atomic mass is 10.2. The molecular formula is C16H15BrN2O2. The van der Waals surface area contributed by atoms with Gasteiger partial charge in [-0.25, -0.2) is 0 Å². The fourth-order valence-electron chi connectivity index (χ4n) is 1.54. The van der Waals surface area contributed by atoms with Crippen LogP contribution in [-0.4, -0.2) is 18.2 Å². The number of nitrogens with one attached hydrogen (secondary N) is 1. The summed E-state index contributed by atoms with van der Waals surface area (Å²) in [7, 11) is 0. The van der Waals surface area contributed by atoms with Gasteiger partial charge in [0, 0.05) is 10.2 Å². The number of para-hydroxylation sites is 1. The predicted molar refractivity (Wildman–Crippen MR) is 87.4 cm³/mol. The van der Waals surface area contributed by atoms with Crippen molar-refractivity contribution in [1.82, 2.24) is 0 Å². The highest BCUT2D eigenvalue weighted by Crippen LogP contribution is 2.09. The Balaban J connectivity index is 1.85. The number of oxime groups is 1. The van der Waals surface area contributed by atoms with Gasteiger partial charge in [-0.15, -0.1) is 0 Å². The molecule has 1 amide bonds. The van der Waals surface area contributed by atoms with Gasteiger partial charge in [-0.05, 0) is 36.8 Å². The lowest BCUT2D eigenvalue weighted by Crippen LogP contribution is -2.26. The molecule has 21 heavy (non-hydrogen) atoms. The van der Waals surface area contributed by atoms with Crippen LogP contribution in [0.3, 0.4) is 0 Å². The summed E-state index contributed by atoms with van der Waals surface area (Å²) in [4.78, 5) is 17.0. The highest BCUT2D eigenvalue weighted by molar-refractivity contribution is 9.10. The van der Waals surface area contributed by atoms with Crippen LogP contribution in [0.2, 0.25) is 0 Å². The molecular weight excluding hydrogens is 332 g/mol. The van der Waals surface area contributed by atoms with Crippen LogP contribution >= 0.6 is 15.9 Å². The van der Waals surface area contributed by atoms with Gasteiger partial charge in [0.05, 0.1) is 6.21 Å². The molecule has 0 bridgehead atoms. The SMILES string of the molecule is C[C@H](O/N=C\c1ccc(Br)cc1)C(=O)Nc1ccccc1. The molecule has 0 aromatic heterocycles. The highest BCUT2D eigenvalue weighted by atomic mass is 79.9. The average Bonchev–Trinajstić information content (AvgIpc) is 2.50. The van der Waals surface area contributed by atoms with Crippen LogP contribution in [0.25, 0.3) is 0 Å². The third-order valence-electron chi connectivity index (χ3n) is 2.70. The van der Waals surface area contributed by atoms with Crippen molar-refractivity contribution >= 4 is 33.7 Å². The fourth-order valence-corrected chi connectivity index (χ4v) is 1.81. The predicted octanol–water partition coefficient (Wildman–Crippen LogP) is 3.83. The Kier molecular flexibility index (Phi) is 5.51. The van der Waals surface area contributed by atoms with E-state index >= 15 is 0 Å². The second-order valence-electron chi connectivity index (χ2n) is 4.39. The molecule has 1 N–H and O–H groups in total. The quantitative estimate of drug-likeness (QED) is 0.660. The van der Waals surface area contributed by atoms with Gasteiger partial charge in [0.15, 0.2) is 0 Å². The topological polar surface area (TPSA) is 50.7 Å². The van der Waals surface area contributed by atoms with E-state index in [2.05, 4.69) is 26.4 Å². The molecule has 0 radical (unpaired) electrons. The maximum atomic E-state index is 11.9. The number of amides is 1. The molecule has 0 saturated heterocycles. The summed E-state index contributed by atoms with van der Waals surface area (Å²) < 4.78 is 0.996. The number of benzene rings is 2. The number of halogens is 1. The van der Waals surface area contributed by atoms with Gasteiger partial charge in [0.1, 0.15) is 0 Å². The maximum Gasteiger partial charge on any atom is 0.267 e. The van der Waals surface area contributed by atoms with E-state index in [0.717, 1.165) is 15.7 Å². The van der Waals surface area contributed by atoms with Crippen molar-refractivity contribution in [2.75, 3.05) is 5.32 Å². The van der Waals surface area contributed by atoms with E-state index in [-0.39, 0.29) is 5.91 Å². The first-order valence-corrected chi connectivity index (χ1v) is 7.25. The Morgan fingerprint density at radius 3 is 2.52 bits per heavy atom.